The molecule has 1 N–H and O–H groups in total. The minimum Gasteiger partial charge on any atom is -0.478 e. The molecule has 0 atom stereocenters. The Morgan fingerprint density at radius 2 is 1.88 bits per heavy atom. The first-order valence-corrected chi connectivity index (χ1v) is 8.41. The van der Waals surface area contributed by atoms with Gasteiger partial charge in [-0.05, 0) is 36.8 Å². The summed E-state index contributed by atoms with van der Waals surface area (Å²) in [4.78, 5) is 15.0. The number of aromatic carboxylic acids is 1. The molecule has 0 aliphatic rings. The maximum Gasteiger partial charge on any atom is 0.339 e. The van der Waals surface area contributed by atoms with E-state index in [1.54, 1.807) is 31.2 Å². The molecule has 122 valence electrons. The van der Waals surface area contributed by atoms with Crippen molar-refractivity contribution in [1.29, 1.82) is 0 Å². The Balaban J connectivity index is 2.09. The summed E-state index contributed by atoms with van der Waals surface area (Å²) in [6.07, 6.45) is 1.54. The van der Waals surface area contributed by atoms with Crippen LogP contribution in [0, 0.1) is 6.92 Å². The fourth-order valence-electron chi connectivity index (χ4n) is 2.31. The molecule has 0 radical (unpaired) electrons. The molecule has 1 heterocycles. The molecule has 0 aliphatic heterocycles. The Morgan fingerprint density at radius 3 is 2.62 bits per heavy atom. The number of carbonyl (C=O) groups is 1. The van der Waals surface area contributed by atoms with Gasteiger partial charge >= 0.3 is 16.1 Å². The van der Waals surface area contributed by atoms with Gasteiger partial charge in [0.15, 0.2) is 5.75 Å². The first kappa shape index (κ1) is 15.9. The quantitative estimate of drug-likeness (QED) is 0.732. The van der Waals surface area contributed by atoms with Gasteiger partial charge in [0, 0.05) is 11.6 Å². The van der Waals surface area contributed by atoms with Crippen molar-refractivity contribution in [2.75, 3.05) is 0 Å². The lowest BCUT2D eigenvalue weighted by atomic mass is 10.1. The van der Waals surface area contributed by atoms with E-state index in [0.29, 0.717) is 11.1 Å². The molecule has 0 unspecified atom stereocenters. The molecule has 0 saturated carbocycles. The van der Waals surface area contributed by atoms with E-state index in [1.807, 2.05) is 0 Å². The Labute approximate surface area is 138 Å². The highest BCUT2D eigenvalue weighted by atomic mass is 32.2. The second-order valence-electron chi connectivity index (χ2n) is 5.15. The van der Waals surface area contributed by atoms with Crippen LogP contribution in [0.1, 0.15) is 15.9 Å². The zero-order valence-corrected chi connectivity index (χ0v) is 13.4. The van der Waals surface area contributed by atoms with Crippen molar-refractivity contribution >= 4 is 27.0 Å². The predicted molar refractivity (Wildman–Crippen MR) is 87.7 cm³/mol. The number of hydrogen-bond donors (Lipinski definition) is 1. The Kier molecular flexibility index (Phi) is 3.94. The van der Waals surface area contributed by atoms with E-state index in [2.05, 4.69) is 4.98 Å². The molecule has 1 aromatic heterocycles. The minimum atomic E-state index is -4.19. The van der Waals surface area contributed by atoms with E-state index in [9.17, 15) is 13.2 Å². The van der Waals surface area contributed by atoms with Crippen LogP contribution in [0.4, 0.5) is 0 Å². The number of hydrogen-bond acceptors (Lipinski definition) is 5. The van der Waals surface area contributed by atoms with Crippen LogP contribution in [0.15, 0.2) is 59.6 Å². The van der Waals surface area contributed by atoms with Gasteiger partial charge in [-0.3, -0.25) is 4.98 Å². The molecule has 0 fully saturated rings. The van der Waals surface area contributed by atoms with Crippen LogP contribution in [0.2, 0.25) is 0 Å². The number of para-hydroxylation sites is 1. The Hall–Kier alpha value is -2.93. The van der Waals surface area contributed by atoms with Gasteiger partial charge in [-0.25, -0.2) is 4.79 Å². The van der Waals surface area contributed by atoms with E-state index < -0.39 is 16.1 Å². The third-order valence-electron chi connectivity index (χ3n) is 3.50. The maximum absolute atomic E-state index is 12.6. The number of pyridine rings is 1. The molecule has 0 amide bonds. The molecule has 3 rings (SSSR count). The third kappa shape index (κ3) is 2.93. The summed E-state index contributed by atoms with van der Waals surface area (Å²) in [6, 6.07) is 12.3. The van der Waals surface area contributed by atoms with Crippen LogP contribution >= 0.6 is 0 Å². The SMILES string of the molecule is Cc1ccc(C(=O)O)cc1S(=O)(=O)Oc1cccc2cccnc12. The zero-order chi connectivity index (χ0) is 17.3. The average Bonchev–Trinajstić information content (AvgIpc) is 2.55. The van der Waals surface area contributed by atoms with Gasteiger partial charge in [0.1, 0.15) is 10.4 Å². The molecular weight excluding hydrogens is 330 g/mol. The van der Waals surface area contributed by atoms with Crippen molar-refractivity contribution in [2.24, 2.45) is 0 Å². The summed E-state index contributed by atoms with van der Waals surface area (Å²) < 4.78 is 30.4. The van der Waals surface area contributed by atoms with Crippen molar-refractivity contribution < 1.29 is 22.5 Å². The van der Waals surface area contributed by atoms with Crippen molar-refractivity contribution in [2.45, 2.75) is 11.8 Å². The highest BCUT2D eigenvalue weighted by Gasteiger charge is 2.22. The monoisotopic (exact) mass is 343 g/mol. The Morgan fingerprint density at radius 1 is 1.12 bits per heavy atom. The van der Waals surface area contributed by atoms with Gasteiger partial charge in [0.2, 0.25) is 0 Å². The van der Waals surface area contributed by atoms with Gasteiger partial charge in [-0.2, -0.15) is 8.42 Å². The second-order valence-corrected chi connectivity index (χ2v) is 6.67. The number of rotatable bonds is 4. The van der Waals surface area contributed by atoms with Gasteiger partial charge in [0.25, 0.3) is 0 Å². The number of nitrogens with zero attached hydrogens (tertiary/aromatic N) is 1. The number of aryl methyl sites for hydroxylation is 1. The van der Waals surface area contributed by atoms with Crippen LogP contribution in [0.3, 0.4) is 0 Å². The molecule has 0 aliphatic carbocycles. The minimum absolute atomic E-state index is 0.0910. The van der Waals surface area contributed by atoms with Crippen molar-refractivity contribution in [1.82, 2.24) is 4.98 Å². The third-order valence-corrected chi connectivity index (χ3v) is 4.88. The van der Waals surface area contributed by atoms with Gasteiger partial charge < -0.3 is 9.29 Å². The molecule has 0 spiro atoms. The highest BCUT2D eigenvalue weighted by Crippen LogP contribution is 2.27. The number of fused-ring (bicyclic) bond motifs is 1. The van der Waals surface area contributed by atoms with Gasteiger partial charge in [0.05, 0.1) is 5.56 Å². The average molecular weight is 343 g/mol. The van der Waals surface area contributed by atoms with Crippen LogP contribution in [-0.4, -0.2) is 24.5 Å². The normalized spacial score (nSPS) is 11.4. The van der Waals surface area contributed by atoms with Crippen LogP contribution in [0.5, 0.6) is 5.75 Å². The summed E-state index contributed by atoms with van der Waals surface area (Å²) in [5, 5.41) is 9.79. The lowest BCUT2D eigenvalue weighted by Crippen LogP contribution is -2.13. The lowest BCUT2D eigenvalue weighted by molar-refractivity contribution is 0.0696. The first-order valence-electron chi connectivity index (χ1n) is 7.01. The highest BCUT2D eigenvalue weighted by molar-refractivity contribution is 7.87. The first-order chi connectivity index (χ1) is 11.4. The van der Waals surface area contributed by atoms with E-state index in [0.717, 1.165) is 11.5 Å². The predicted octanol–water partition coefficient (Wildman–Crippen LogP) is 3.01. The smallest absolute Gasteiger partial charge is 0.339 e. The van der Waals surface area contributed by atoms with Crippen molar-refractivity contribution in [3.63, 3.8) is 0 Å². The van der Waals surface area contributed by atoms with E-state index in [4.69, 9.17) is 9.29 Å². The van der Waals surface area contributed by atoms with Crippen LogP contribution in [-0.2, 0) is 10.1 Å². The molecule has 7 heteroatoms. The molecule has 6 nitrogen and oxygen atoms in total. The fraction of sp³-hybridized carbons (Fsp3) is 0.0588. The summed E-state index contributed by atoms with van der Waals surface area (Å²) in [5.41, 5.74) is 0.683. The van der Waals surface area contributed by atoms with Crippen molar-refractivity contribution in [3.8, 4) is 5.75 Å². The maximum atomic E-state index is 12.6. The largest absolute Gasteiger partial charge is 0.478 e. The topological polar surface area (TPSA) is 93.6 Å². The number of carboxylic acid groups (broad SMARTS) is 1. The number of aromatic nitrogens is 1. The second kappa shape index (κ2) is 5.93. The van der Waals surface area contributed by atoms with Gasteiger partial charge in [-0.1, -0.05) is 24.3 Å². The standard InChI is InChI=1S/C17H13NO5S/c1-11-7-8-13(17(19)20)10-15(11)24(21,22)23-14-6-2-4-12-5-3-9-18-16(12)14/h2-10H,1H3,(H,19,20). The molecular formula is C17H13NO5S. The summed E-state index contributed by atoms with van der Waals surface area (Å²) in [6.45, 7) is 1.57. The molecule has 24 heavy (non-hydrogen) atoms. The van der Waals surface area contributed by atoms with Crippen LogP contribution < -0.4 is 4.18 Å². The van der Waals surface area contributed by atoms with Gasteiger partial charge in [-0.15, -0.1) is 0 Å². The van der Waals surface area contributed by atoms with E-state index in [1.165, 1.54) is 24.4 Å². The summed E-state index contributed by atoms with van der Waals surface area (Å²) in [7, 11) is -4.19. The number of carboxylic acids is 1. The van der Waals surface area contributed by atoms with Crippen molar-refractivity contribution in [3.05, 3.63) is 65.9 Å². The lowest BCUT2D eigenvalue weighted by Gasteiger charge is -2.11. The molecule has 3 aromatic rings. The number of benzene rings is 2. The van der Waals surface area contributed by atoms with E-state index >= 15 is 0 Å². The summed E-state index contributed by atoms with van der Waals surface area (Å²) >= 11 is 0. The molecule has 2 aromatic carbocycles. The van der Waals surface area contributed by atoms with E-state index in [-0.39, 0.29) is 16.2 Å². The summed E-state index contributed by atoms with van der Waals surface area (Å²) in [5.74, 6) is -1.12. The zero-order valence-electron chi connectivity index (χ0n) is 12.6. The molecule has 0 saturated heterocycles. The molecule has 0 bridgehead atoms. The fourth-order valence-corrected chi connectivity index (χ4v) is 3.50. The van der Waals surface area contributed by atoms with Crippen LogP contribution in [0.25, 0.3) is 10.9 Å². The Bertz CT molecular complexity index is 1040.